The second kappa shape index (κ2) is 5.78. The number of benzene rings is 2. The molecule has 5 heteroatoms. The Morgan fingerprint density at radius 2 is 1.86 bits per heavy atom. The second-order valence-corrected chi connectivity index (χ2v) is 4.99. The number of hydrogen-bond acceptors (Lipinski definition) is 3. The second-order valence-electron chi connectivity index (χ2n) is 4.55. The predicted octanol–water partition coefficient (Wildman–Crippen LogP) is 3.52. The first-order chi connectivity index (χ1) is 10.3. The van der Waals surface area contributed by atoms with E-state index in [2.05, 4.69) is 16.4 Å². The van der Waals surface area contributed by atoms with Crippen molar-refractivity contribution in [3.8, 4) is 17.3 Å². The molecule has 0 amide bonds. The Labute approximate surface area is 127 Å². The van der Waals surface area contributed by atoms with Crippen molar-refractivity contribution in [1.82, 2.24) is 15.0 Å². The lowest BCUT2D eigenvalue weighted by molar-refractivity contribution is 0.655. The molecule has 3 aromatic rings. The lowest BCUT2D eigenvalue weighted by Gasteiger charge is -2.08. The maximum Gasteiger partial charge on any atom is 0.0995 e. The number of nitrogens with zero attached hydrogens (tertiary/aromatic N) is 4. The van der Waals surface area contributed by atoms with Crippen LogP contribution >= 0.6 is 11.6 Å². The molecule has 2 aromatic carbocycles. The summed E-state index contributed by atoms with van der Waals surface area (Å²) in [7, 11) is 0. The van der Waals surface area contributed by atoms with Gasteiger partial charge in [-0.05, 0) is 23.8 Å². The third-order valence-corrected chi connectivity index (χ3v) is 3.47. The zero-order valence-corrected chi connectivity index (χ0v) is 11.8. The van der Waals surface area contributed by atoms with Crippen LogP contribution in [0.25, 0.3) is 11.3 Å². The summed E-state index contributed by atoms with van der Waals surface area (Å²) in [5, 5.41) is 17.9. The maximum absolute atomic E-state index is 9.15. The lowest BCUT2D eigenvalue weighted by Crippen LogP contribution is -2.05. The minimum atomic E-state index is 0.502. The van der Waals surface area contributed by atoms with Gasteiger partial charge < -0.3 is 0 Å². The van der Waals surface area contributed by atoms with E-state index >= 15 is 0 Å². The van der Waals surface area contributed by atoms with Crippen LogP contribution in [-0.2, 0) is 6.54 Å². The molecule has 0 aliphatic rings. The number of nitriles is 1. The molecular formula is C16H11ClN4. The topological polar surface area (TPSA) is 54.5 Å². The first-order valence-corrected chi connectivity index (χ1v) is 6.78. The van der Waals surface area contributed by atoms with Crippen molar-refractivity contribution in [3.63, 3.8) is 0 Å². The number of aromatic nitrogens is 3. The largest absolute Gasteiger partial charge is 0.240 e. The summed E-state index contributed by atoms with van der Waals surface area (Å²) in [6, 6.07) is 17.2. The van der Waals surface area contributed by atoms with Crippen molar-refractivity contribution < 1.29 is 0 Å². The van der Waals surface area contributed by atoms with Gasteiger partial charge in [0.05, 0.1) is 30.1 Å². The molecular weight excluding hydrogens is 284 g/mol. The van der Waals surface area contributed by atoms with E-state index in [1.165, 1.54) is 0 Å². The van der Waals surface area contributed by atoms with Crippen LogP contribution in [0.1, 0.15) is 11.1 Å². The van der Waals surface area contributed by atoms with Gasteiger partial charge in [0.2, 0.25) is 0 Å². The highest BCUT2D eigenvalue weighted by Gasteiger charge is 2.09. The zero-order chi connectivity index (χ0) is 14.7. The smallest absolute Gasteiger partial charge is 0.0995 e. The van der Waals surface area contributed by atoms with Gasteiger partial charge in [-0.2, -0.15) is 5.26 Å². The van der Waals surface area contributed by atoms with Crippen molar-refractivity contribution in [3.05, 3.63) is 70.9 Å². The molecule has 0 radical (unpaired) electrons. The van der Waals surface area contributed by atoms with Crippen molar-refractivity contribution in [2.45, 2.75) is 6.54 Å². The molecule has 0 unspecified atom stereocenters. The van der Waals surface area contributed by atoms with Gasteiger partial charge >= 0.3 is 0 Å². The molecule has 4 nitrogen and oxygen atoms in total. The highest BCUT2D eigenvalue weighted by molar-refractivity contribution is 6.30. The molecule has 0 saturated heterocycles. The van der Waals surface area contributed by atoms with Gasteiger partial charge in [0, 0.05) is 10.6 Å². The van der Waals surface area contributed by atoms with Crippen molar-refractivity contribution in [2.24, 2.45) is 0 Å². The monoisotopic (exact) mass is 294 g/mol. The van der Waals surface area contributed by atoms with Crippen molar-refractivity contribution in [2.75, 3.05) is 0 Å². The van der Waals surface area contributed by atoms with E-state index in [0.29, 0.717) is 17.1 Å². The standard InChI is InChI=1S/C16H11ClN4/c17-15-7-5-12(6-8-15)16-10-19-20-21(16)11-14-4-2-1-3-13(14)9-18/h1-8,10H,11H2. The van der Waals surface area contributed by atoms with E-state index in [1.54, 1.807) is 16.9 Å². The Morgan fingerprint density at radius 3 is 2.62 bits per heavy atom. The quantitative estimate of drug-likeness (QED) is 0.742. The molecule has 0 atom stereocenters. The van der Waals surface area contributed by atoms with Crippen LogP contribution in [0, 0.1) is 11.3 Å². The minimum absolute atomic E-state index is 0.502. The highest BCUT2D eigenvalue weighted by atomic mass is 35.5. The SMILES string of the molecule is N#Cc1ccccc1Cn1nncc1-c1ccc(Cl)cc1. The van der Waals surface area contributed by atoms with Crippen LogP contribution < -0.4 is 0 Å². The Balaban J connectivity index is 1.96. The van der Waals surface area contributed by atoms with Gasteiger partial charge in [-0.25, -0.2) is 4.68 Å². The van der Waals surface area contributed by atoms with Crippen LogP contribution in [-0.4, -0.2) is 15.0 Å². The average molecular weight is 295 g/mol. The molecule has 102 valence electrons. The average Bonchev–Trinajstić information content (AvgIpc) is 2.97. The lowest BCUT2D eigenvalue weighted by atomic mass is 10.1. The molecule has 1 heterocycles. The van der Waals surface area contributed by atoms with E-state index in [9.17, 15) is 0 Å². The summed E-state index contributed by atoms with van der Waals surface area (Å²) in [4.78, 5) is 0. The van der Waals surface area contributed by atoms with Gasteiger partial charge in [-0.1, -0.05) is 47.1 Å². The van der Waals surface area contributed by atoms with Gasteiger partial charge in [0.25, 0.3) is 0 Å². The molecule has 0 saturated carbocycles. The number of halogens is 1. The van der Waals surface area contributed by atoms with E-state index in [0.717, 1.165) is 16.8 Å². The van der Waals surface area contributed by atoms with E-state index in [4.69, 9.17) is 16.9 Å². The van der Waals surface area contributed by atoms with E-state index in [1.807, 2.05) is 42.5 Å². The Bertz CT molecular complexity index is 800. The van der Waals surface area contributed by atoms with E-state index in [-0.39, 0.29) is 0 Å². The first-order valence-electron chi connectivity index (χ1n) is 6.40. The van der Waals surface area contributed by atoms with E-state index < -0.39 is 0 Å². The summed E-state index contributed by atoms with van der Waals surface area (Å²) in [5.41, 5.74) is 3.44. The molecule has 0 spiro atoms. The normalized spacial score (nSPS) is 10.3. The molecule has 1 aromatic heterocycles. The third-order valence-electron chi connectivity index (χ3n) is 3.22. The zero-order valence-electron chi connectivity index (χ0n) is 11.1. The maximum atomic E-state index is 9.15. The van der Waals surface area contributed by atoms with Crippen molar-refractivity contribution >= 4 is 11.6 Å². The van der Waals surface area contributed by atoms with Crippen LogP contribution in [0.5, 0.6) is 0 Å². The number of hydrogen-bond donors (Lipinski definition) is 0. The molecule has 3 rings (SSSR count). The molecule has 21 heavy (non-hydrogen) atoms. The van der Waals surface area contributed by atoms with Gasteiger partial charge in [0.1, 0.15) is 0 Å². The fourth-order valence-electron chi connectivity index (χ4n) is 2.15. The molecule has 0 fully saturated rings. The summed E-state index contributed by atoms with van der Waals surface area (Å²) in [6.07, 6.45) is 1.71. The summed E-state index contributed by atoms with van der Waals surface area (Å²) in [6.45, 7) is 0.502. The molecule has 0 aliphatic carbocycles. The summed E-state index contributed by atoms with van der Waals surface area (Å²) >= 11 is 5.91. The van der Waals surface area contributed by atoms with Crippen LogP contribution in [0.2, 0.25) is 5.02 Å². The van der Waals surface area contributed by atoms with Gasteiger partial charge in [-0.15, -0.1) is 5.10 Å². The summed E-state index contributed by atoms with van der Waals surface area (Å²) < 4.78 is 1.78. The third kappa shape index (κ3) is 2.78. The van der Waals surface area contributed by atoms with Gasteiger partial charge in [0.15, 0.2) is 0 Å². The number of rotatable bonds is 3. The Morgan fingerprint density at radius 1 is 1.10 bits per heavy atom. The Hall–Kier alpha value is -2.64. The fraction of sp³-hybridized carbons (Fsp3) is 0.0625. The minimum Gasteiger partial charge on any atom is -0.240 e. The predicted molar refractivity (Wildman–Crippen MR) is 80.7 cm³/mol. The van der Waals surface area contributed by atoms with Crippen molar-refractivity contribution in [1.29, 1.82) is 5.26 Å². The molecule has 0 N–H and O–H groups in total. The highest BCUT2D eigenvalue weighted by Crippen LogP contribution is 2.21. The molecule has 0 bridgehead atoms. The van der Waals surface area contributed by atoms with Crippen LogP contribution in [0.4, 0.5) is 0 Å². The molecule has 0 aliphatic heterocycles. The fourth-order valence-corrected chi connectivity index (χ4v) is 2.27. The summed E-state index contributed by atoms with van der Waals surface area (Å²) in [5.74, 6) is 0. The first kappa shape index (κ1) is 13.3. The van der Waals surface area contributed by atoms with Crippen LogP contribution in [0.15, 0.2) is 54.7 Å². The van der Waals surface area contributed by atoms with Crippen LogP contribution in [0.3, 0.4) is 0 Å². The Kier molecular flexibility index (Phi) is 3.67. The van der Waals surface area contributed by atoms with Gasteiger partial charge in [-0.3, -0.25) is 0 Å².